The van der Waals surface area contributed by atoms with Crippen LogP contribution in [0.25, 0.3) is 5.65 Å². The Labute approximate surface area is 100 Å². The average Bonchev–Trinajstić information content (AvgIpc) is 2.75. The van der Waals surface area contributed by atoms with Crippen LogP contribution >= 0.6 is 0 Å². The number of aromatic nitrogens is 3. The van der Waals surface area contributed by atoms with E-state index in [4.69, 9.17) is 0 Å². The molecule has 17 heavy (non-hydrogen) atoms. The molecule has 3 heterocycles. The molecule has 3 rings (SSSR count). The Kier molecular flexibility index (Phi) is 2.48. The third-order valence-electron chi connectivity index (χ3n) is 3.20. The van der Waals surface area contributed by atoms with Gasteiger partial charge in [0.05, 0.1) is 0 Å². The molecule has 5 heteroatoms. The second-order valence-electron chi connectivity index (χ2n) is 4.72. The molecule has 0 unspecified atom stereocenters. The first kappa shape index (κ1) is 10.5. The molecule has 1 aliphatic rings. The van der Waals surface area contributed by atoms with E-state index in [0.717, 1.165) is 31.1 Å². The fourth-order valence-electron chi connectivity index (χ4n) is 2.40. The Morgan fingerprint density at radius 3 is 3.12 bits per heavy atom. The lowest BCUT2D eigenvalue weighted by atomic mass is 10.2. The second-order valence-corrected chi connectivity index (χ2v) is 4.72. The predicted molar refractivity (Wildman–Crippen MR) is 67.4 cm³/mol. The first-order valence-electron chi connectivity index (χ1n) is 6.03. The standard InChI is InChI=1S/C12H17N5/c1-9-5-11-14-8-15-17(11)12(6-9)16-4-3-13-10(2)7-16/h5-6,8,10,13H,3-4,7H2,1-2H3/t10-/m0/s1. The number of nitrogens with one attached hydrogen (secondary N) is 1. The Bertz CT molecular complexity index is 533. The topological polar surface area (TPSA) is 45.5 Å². The highest BCUT2D eigenvalue weighted by Gasteiger charge is 2.18. The van der Waals surface area contributed by atoms with Crippen LogP contribution in [0.2, 0.25) is 0 Å². The summed E-state index contributed by atoms with van der Waals surface area (Å²) < 4.78 is 1.92. The Balaban J connectivity index is 2.06. The summed E-state index contributed by atoms with van der Waals surface area (Å²) in [6.07, 6.45) is 1.61. The van der Waals surface area contributed by atoms with Gasteiger partial charge in [-0.1, -0.05) is 0 Å². The van der Waals surface area contributed by atoms with Gasteiger partial charge in [0.1, 0.15) is 12.1 Å². The average molecular weight is 231 g/mol. The zero-order valence-corrected chi connectivity index (χ0v) is 10.2. The molecule has 2 aromatic heterocycles. The van der Waals surface area contributed by atoms with Crippen LogP contribution in [0.1, 0.15) is 12.5 Å². The van der Waals surface area contributed by atoms with Crippen molar-refractivity contribution in [1.82, 2.24) is 19.9 Å². The largest absolute Gasteiger partial charge is 0.354 e. The molecule has 0 aromatic carbocycles. The molecule has 0 radical (unpaired) electrons. The summed E-state index contributed by atoms with van der Waals surface area (Å²) in [6.45, 7) is 7.36. The summed E-state index contributed by atoms with van der Waals surface area (Å²) in [5.41, 5.74) is 2.15. The first-order valence-corrected chi connectivity index (χ1v) is 6.03. The van der Waals surface area contributed by atoms with Crippen molar-refractivity contribution in [1.29, 1.82) is 0 Å². The van der Waals surface area contributed by atoms with Crippen LogP contribution in [-0.2, 0) is 0 Å². The van der Waals surface area contributed by atoms with Crippen molar-refractivity contribution in [2.45, 2.75) is 19.9 Å². The van der Waals surface area contributed by atoms with Crippen molar-refractivity contribution in [2.75, 3.05) is 24.5 Å². The van der Waals surface area contributed by atoms with E-state index in [2.05, 4.69) is 46.3 Å². The molecule has 2 aromatic rings. The zero-order chi connectivity index (χ0) is 11.8. The molecule has 1 fully saturated rings. The monoisotopic (exact) mass is 231 g/mol. The maximum atomic E-state index is 4.30. The minimum Gasteiger partial charge on any atom is -0.354 e. The molecule has 1 atom stereocenters. The molecule has 1 saturated heterocycles. The van der Waals surface area contributed by atoms with E-state index in [1.165, 1.54) is 5.56 Å². The van der Waals surface area contributed by atoms with Gasteiger partial charge in [0.15, 0.2) is 5.65 Å². The van der Waals surface area contributed by atoms with Gasteiger partial charge in [-0.15, -0.1) is 0 Å². The van der Waals surface area contributed by atoms with Gasteiger partial charge in [-0.05, 0) is 31.5 Å². The lowest BCUT2D eigenvalue weighted by Crippen LogP contribution is -2.49. The van der Waals surface area contributed by atoms with Crippen LogP contribution in [0.5, 0.6) is 0 Å². The molecule has 0 spiro atoms. The van der Waals surface area contributed by atoms with Crippen molar-refractivity contribution in [2.24, 2.45) is 0 Å². The zero-order valence-electron chi connectivity index (χ0n) is 10.2. The van der Waals surface area contributed by atoms with E-state index in [-0.39, 0.29) is 0 Å². The third kappa shape index (κ3) is 1.86. The molecule has 90 valence electrons. The van der Waals surface area contributed by atoms with E-state index in [9.17, 15) is 0 Å². The maximum Gasteiger partial charge on any atom is 0.157 e. The number of hydrogen-bond donors (Lipinski definition) is 1. The van der Waals surface area contributed by atoms with Gasteiger partial charge in [0.25, 0.3) is 0 Å². The summed E-state index contributed by atoms with van der Waals surface area (Å²) in [5.74, 6) is 1.14. The van der Waals surface area contributed by atoms with Crippen molar-refractivity contribution < 1.29 is 0 Å². The van der Waals surface area contributed by atoms with Crippen molar-refractivity contribution in [3.05, 3.63) is 24.0 Å². The smallest absolute Gasteiger partial charge is 0.157 e. The number of anilines is 1. The van der Waals surface area contributed by atoms with Crippen LogP contribution in [-0.4, -0.2) is 40.3 Å². The molecule has 5 nitrogen and oxygen atoms in total. The van der Waals surface area contributed by atoms with E-state index in [1.54, 1.807) is 6.33 Å². The summed E-state index contributed by atoms with van der Waals surface area (Å²) in [5, 5.41) is 7.75. The maximum absolute atomic E-state index is 4.30. The minimum atomic E-state index is 0.517. The number of fused-ring (bicyclic) bond motifs is 1. The molecule has 0 aliphatic carbocycles. The van der Waals surface area contributed by atoms with E-state index >= 15 is 0 Å². The van der Waals surface area contributed by atoms with Crippen molar-refractivity contribution in [3.63, 3.8) is 0 Å². The van der Waals surface area contributed by atoms with Crippen LogP contribution < -0.4 is 10.2 Å². The molecule has 0 amide bonds. The van der Waals surface area contributed by atoms with Crippen LogP contribution in [0.3, 0.4) is 0 Å². The molecule has 0 bridgehead atoms. The number of nitrogens with zero attached hydrogens (tertiary/aromatic N) is 4. The number of aryl methyl sites for hydroxylation is 1. The Morgan fingerprint density at radius 2 is 2.29 bits per heavy atom. The van der Waals surface area contributed by atoms with Crippen LogP contribution in [0.4, 0.5) is 5.82 Å². The molecule has 0 saturated carbocycles. The molecule has 1 aliphatic heterocycles. The number of rotatable bonds is 1. The fourth-order valence-corrected chi connectivity index (χ4v) is 2.40. The third-order valence-corrected chi connectivity index (χ3v) is 3.20. The highest BCUT2D eigenvalue weighted by Crippen LogP contribution is 2.19. The predicted octanol–water partition coefficient (Wildman–Crippen LogP) is 0.836. The Morgan fingerprint density at radius 1 is 1.41 bits per heavy atom. The summed E-state index contributed by atoms with van der Waals surface area (Å²) in [4.78, 5) is 6.63. The van der Waals surface area contributed by atoms with Gasteiger partial charge in [-0.3, -0.25) is 0 Å². The SMILES string of the molecule is Cc1cc(N2CCN[C@@H](C)C2)n2ncnc2c1. The molecular formula is C12H17N5. The molecule has 1 N–H and O–H groups in total. The first-order chi connectivity index (χ1) is 8.24. The van der Waals surface area contributed by atoms with Gasteiger partial charge in [0.2, 0.25) is 0 Å². The normalized spacial score (nSPS) is 21.1. The number of pyridine rings is 1. The highest BCUT2D eigenvalue weighted by molar-refractivity contribution is 5.53. The lowest BCUT2D eigenvalue weighted by molar-refractivity contribution is 0.480. The van der Waals surface area contributed by atoms with Gasteiger partial charge >= 0.3 is 0 Å². The van der Waals surface area contributed by atoms with E-state index in [0.29, 0.717) is 6.04 Å². The van der Waals surface area contributed by atoms with Crippen molar-refractivity contribution >= 4 is 11.5 Å². The summed E-state index contributed by atoms with van der Waals surface area (Å²) in [7, 11) is 0. The second kappa shape index (κ2) is 4.00. The van der Waals surface area contributed by atoms with Gasteiger partial charge < -0.3 is 10.2 Å². The quantitative estimate of drug-likeness (QED) is 0.790. The van der Waals surface area contributed by atoms with Gasteiger partial charge in [-0.25, -0.2) is 4.98 Å². The summed E-state index contributed by atoms with van der Waals surface area (Å²) in [6, 6.07) is 4.75. The van der Waals surface area contributed by atoms with E-state index in [1.807, 2.05) is 4.52 Å². The van der Waals surface area contributed by atoms with Gasteiger partial charge in [-0.2, -0.15) is 9.61 Å². The molecular weight excluding hydrogens is 214 g/mol. The van der Waals surface area contributed by atoms with Crippen molar-refractivity contribution in [3.8, 4) is 0 Å². The van der Waals surface area contributed by atoms with E-state index < -0.39 is 0 Å². The number of piperazine rings is 1. The highest BCUT2D eigenvalue weighted by atomic mass is 15.4. The van der Waals surface area contributed by atoms with Crippen LogP contribution in [0.15, 0.2) is 18.5 Å². The van der Waals surface area contributed by atoms with Gasteiger partial charge in [0, 0.05) is 25.7 Å². The minimum absolute atomic E-state index is 0.517. The lowest BCUT2D eigenvalue weighted by Gasteiger charge is -2.33. The Hall–Kier alpha value is -1.62. The summed E-state index contributed by atoms with van der Waals surface area (Å²) >= 11 is 0. The van der Waals surface area contributed by atoms with Crippen LogP contribution in [0, 0.1) is 6.92 Å². The number of hydrogen-bond acceptors (Lipinski definition) is 4. The fraction of sp³-hybridized carbons (Fsp3) is 0.500.